The van der Waals surface area contributed by atoms with E-state index < -0.39 is 0 Å². The molecular formula is C20H21N3O2S. The zero-order valence-electron chi connectivity index (χ0n) is 15.1. The Hall–Kier alpha value is -2.73. The molecule has 2 N–H and O–H groups in total. The van der Waals surface area contributed by atoms with E-state index in [0.717, 1.165) is 27.8 Å². The van der Waals surface area contributed by atoms with E-state index in [1.54, 1.807) is 6.07 Å². The molecule has 0 aliphatic heterocycles. The summed E-state index contributed by atoms with van der Waals surface area (Å²) in [4.78, 5) is 28.7. The molecule has 0 spiro atoms. The van der Waals surface area contributed by atoms with Gasteiger partial charge in [0.05, 0.1) is 16.8 Å². The minimum absolute atomic E-state index is 0.0953. The molecule has 0 atom stereocenters. The number of carbonyl (C=O) groups is 2. The average Bonchev–Trinajstić information content (AvgIpc) is 3.03. The molecule has 0 saturated heterocycles. The number of benzene rings is 2. The average molecular weight is 367 g/mol. The van der Waals surface area contributed by atoms with E-state index in [4.69, 9.17) is 0 Å². The molecule has 0 aliphatic carbocycles. The normalized spacial score (nSPS) is 10.7. The lowest BCUT2D eigenvalue weighted by Gasteiger charge is -2.07. The Labute approximate surface area is 156 Å². The summed E-state index contributed by atoms with van der Waals surface area (Å²) in [5, 5.41) is 5.93. The van der Waals surface area contributed by atoms with E-state index >= 15 is 0 Å². The van der Waals surface area contributed by atoms with Crippen molar-refractivity contribution in [3.8, 4) is 0 Å². The van der Waals surface area contributed by atoms with Gasteiger partial charge in [0.25, 0.3) is 5.91 Å². The highest BCUT2D eigenvalue weighted by atomic mass is 32.1. The lowest BCUT2D eigenvalue weighted by Crippen LogP contribution is -2.32. The van der Waals surface area contributed by atoms with E-state index in [2.05, 4.69) is 28.6 Å². The van der Waals surface area contributed by atoms with Gasteiger partial charge in [0.2, 0.25) is 5.91 Å². The van der Waals surface area contributed by atoms with Crippen molar-refractivity contribution >= 4 is 38.5 Å². The topological polar surface area (TPSA) is 71.1 Å². The van der Waals surface area contributed by atoms with Gasteiger partial charge in [-0.15, -0.1) is 0 Å². The first kappa shape index (κ1) is 18.1. The number of nitrogens with one attached hydrogen (secondary N) is 2. The Balaban J connectivity index is 1.60. The maximum absolute atomic E-state index is 12.2. The van der Waals surface area contributed by atoms with Gasteiger partial charge in [-0.1, -0.05) is 30.4 Å². The number of hydrogen-bond donors (Lipinski definition) is 2. The smallest absolute Gasteiger partial charge is 0.251 e. The predicted molar refractivity (Wildman–Crippen MR) is 106 cm³/mol. The van der Waals surface area contributed by atoms with Crippen molar-refractivity contribution < 1.29 is 9.59 Å². The van der Waals surface area contributed by atoms with Crippen molar-refractivity contribution in [2.75, 3.05) is 11.9 Å². The third-order valence-electron chi connectivity index (χ3n) is 4.29. The van der Waals surface area contributed by atoms with Crippen LogP contribution in [0.25, 0.3) is 10.2 Å². The molecule has 0 saturated carbocycles. The molecule has 0 unspecified atom stereocenters. The third-order valence-corrected chi connectivity index (χ3v) is 5.22. The second-order valence-corrected chi connectivity index (χ2v) is 7.24. The predicted octanol–water partition coefficient (Wildman–Crippen LogP) is 3.84. The Morgan fingerprint density at radius 2 is 1.88 bits per heavy atom. The van der Waals surface area contributed by atoms with Gasteiger partial charge in [-0.25, -0.2) is 4.98 Å². The number of fused-ring (bicyclic) bond motifs is 1. The van der Waals surface area contributed by atoms with Crippen LogP contribution in [0.2, 0.25) is 0 Å². The zero-order chi connectivity index (χ0) is 18.7. The molecule has 0 bridgehead atoms. The van der Waals surface area contributed by atoms with Gasteiger partial charge < -0.3 is 10.6 Å². The quantitative estimate of drug-likeness (QED) is 0.720. The van der Waals surface area contributed by atoms with Crippen LogP contribution in [0, 0.1) is 13.8 Å². The SMILES string of the molecule is CCc1ccc2nc(NC(=O)CNC(=O)c3ccc(C)c(C)c3)sc2c1. The van der Waals surface area contributed by atoms with E-state index in [1.807, 2.05) is 38.1 Å². The van der Waals surface area contributed by atoms with Crippen LogP contribution >= 0.6 is 11.3 Å². The first-order valence-electron chi connectivity index (χ1n) is 8.51. The zero-order valence-corrected chi connectivity index (χ0v) is 15.9. The van der Waals surface area contributed by atoms with Crippen LogP contribution in [0.15, 0.2) is 36.4 Å². The molecule has 2 aromatic carbocycles. The fourth-order valence-electron chi connectivity index (χ4n) is 2.55. The van der Waals surface area contributed by atoms with E-state index in [0.29, 0.717) is 10.7 Å². The van der Waals surface area contributed by atoms with Crippen LogP contribution in [0.5, 0.6) is 0 Å². The van der Waals surface area contributed by atoms with Crippen molar-refractivity contribution in [1.82, 2.24) is 10.3 Å². The van der Waals surface area contributed by atoms with Crippen LogP contribution in [-0.4, -0.2) is 23.3 Å². The highest BCUT2D eigenvalue weighted by Gasteiger charge is 2.11. The number of anilines is 1. The molecule has 3 aromatic rings. The van der Waals surface area contributed by atoms with Crippen molar-refractivity contribution in [3.05, 3.63) is 58.7 Å². The Morgan fingerprint density at radius 1 is 1.08 bits per heavy atom. The van der Waals surface area contributed by atoms with Gasteiger partial charge in [-0.05, 0) is 61.2 Å². The van der Waals surface area contributed by atoms with Crippen molar-refractivity contribution in [3.63, 3.8) is 0 Å². The summed E-state index contributed by atoms with van der Waals surface area (Å²) in [5.74, 6) is -0.558. The van der Waals surface area contributed by atoms with Crippen molar-refractivity contribution in [2.45, 2.75) is 27.2 Å². The number of aromatic nitrogens is 1. The Morgan fingerprint density at radius 3 is 2.62 bits per heavy atom. The molecule has 2 amide bonds. The molecule has 0 fully saturated rings. The number of aryl methyl sites for hydroxylation is 3. The van der Waals surface area contributed by atoms with Crippen molar-refractivity contribution in [2.24, 2.45) is 0 Å². The van der Waals surface area contributed by atoms with Crippen LogP contribution in [0.1, 0.15) is 34.0 Å². The first-order valence-corrected chi connectivity index (χ1v) is 9.32. The van der Waals surface area contributed by atoms with Crippen LogP contribution in [0.4, 0.5) is 5.13 Å². The van der Waals surface area contributed by atoms with E-state index in [9.17, 15) is 9.59 Å². The summed E-state index contributed by atoms with van der Waals surface area (Å²) in [6.45, 7) is 5.95. The Kier molecular flexibility index (Phi) is 5.32. The van der Waals surface area contributed by atoms with Crippen LogP contribution in [0.3, 0.4) is 0 Å². The molecule has 0 radical (unpaired) electrons. The summed E-state index contributed by atoms with van der Waals surface area (Å²) < 4.78 is 1.04. The lowest BCUT2D eigenvalue weighted by molar-refractivity contribution is -0.115. The molecular weight excluding hydrogens is 346 g/mol. The van der Waals surface area contributed by atoms with Gasteiger partial charge in [-0.3, -0.25) is 9.59 Å². The number of thiazole rings is 1. The molecule has 1 heterocycles. The number of rotatable bonds is 5. The first-order chi connectivity index (χ1) is 12.5. The fraction of sp³-hybridized carbons (Fsp3) is 0.250. The highest BCUT2D eigenvalue weighted by molar-refractivity contribution is 7.22. The molecule has 5 nitrogen and oxygen atoms in total. The maximum Gasteiger partial charge on any atom is 0.251 e. The van der Waals surface area contributed by atoms with E-state index in [-0.39, 0.29) is 18.4 Å². The van der Waals surface area contributed by atoms with E-state index in [1.165, 1.54) is 16.9 Å². The summed E-state index contributed by atoms with van der Waals surface area (Å²) in [5.41, 5.74) is 4.82. The number of nitrogens with zero attached hydrogens (tertiary/aromatic N) is 1. The maximum atomic E-state index is 12.2. The van der Waals surface area contributed by atoms with Crippen LogP contribution in [-0.2, 0) is 11.2 Å². The summed E-state index contributed by atoms with van der Waals surface area (Å²) in [6, 6.07) is 11.6. The minimum atomic E-state index is -0.294. The van der Waals surface area contributed by atoms with Gasteiger partial charge in [0, 0.05) is 5.56 Å². The van der Waals surface area contributed by atoms with Gasteiger partial charge >= 0.3 is 0 Å². The van der Waals surface area contributed by atoms with Gasteiger partial charge in [-0.2, -0.15) is 0 Å². The largest absolute Gasteiger partial charge is 0.343 e. The summed E-state index contributed by atoms with van der Waals surface area (Å²) >= 11 is 1.43. The molecule has 134 valence electrons. The fourth-order valence-corrected chi connectivity index (χ4v) is 3.50. The molecule has 1 aromatic heterocycles. The second-order valence-electron chi connectivity index (χ2n) is 6.20. The van der Waals surface area contributed by atoms with Gasteiger partial charge in [0.1, 0.15) is 0 Å². The second kappa shape index (κ2) is 7.66. The third kappa shape index (κ3) is 4.08. The lowest BCUT2D eigenvalue weighted by atomic mass is 10.1. The Bertz CT molecular complexity index is 978. The molecule has 0 aliphatic rings. The minimum Gasteiger partial charge on any atom is -0.343 e. The van der Waals surface area contributed by atoms with Gasteiger partial charge in [0.15, 0.2) is 5.13 Å². The highest BCUT2D eigenvalue weighted by Crippen LogP contribution is 2.26. The number of hydrogen-bond acceptors (Lipinski definition) is 4. The number of amides is 2. The summed E-state index contributed by atoms with van der Waals surface area (Å²) in [6.07, 6.45) is 0.958. The molecule has 26 heavy (non-hydrogen) atoms. The van der Waals surface area contributed by atoms with Crippen molar-refractivity contribution in [1.29, 1.82) is 0 Å². The number of carbonyl (C=O) groups excluding carboxylic acids is 2. The molecule has 3 rings (SSSR count). The molecule has 6 heteroatoms. The summed E-state index contributed by atoms with van der Waals surface area (Å²) in [7, 11) is 0. The standard InChI is InChI=1S/C20H21N3O2S/c1-4-14-6-8-16-17(10-14)26-20(22-16)23-18(24)11-21-19(25)15-7-5-12(2)13(3)9-15/h5-10H,4,11H2,1-3H3,(H,21,25)(H,22,23,24). The monoisotopic (exact) mass is 367 g/mol. The van der Waals surface area contributed by atoms with Crippen LogP contribution < -0.4 is 10.6 Å².